The molecule has 0 atom stereocenters. The molecule has 0 radical (unpaired) electrons. The van der Waals surface area contributed by atoms with E-state index < -0.39 is 21.5 Å². The number of hydrogen-bond acceptors (Lipinski definition) is 3. The summed E-state index contributed by atoms with van der Waals surface area (Å²) in [5.74, 6) is -1.20. The number of carboxylic acid groups (broad SMARTS) is 1. The van der Waals surface area contributed by atoms with Gasteiger partial charge in [0.15, 0.2) is 0 Å². The molecule has 0 aliphatic rings. The molecule has 0 spiro atoms. The largest absolute Gasteiger partial charge is 0.480 e. The van der Waals surface area contributed by atoms with Crippen molar-refractivity contribution in [3.63, 3.8) is 0 Å². The first-order valence-electron chi connectivity index (χ1n) is 5.50. The Kier molecular flexibility index (Phi) is 4.44. The van der Waals surface area contributed by atoms with Crippen LogP contribution in [-0.4, -0.2) is 36.4 Å². The minimum Gasteiger partial charge on any atom is -0.480 e. The average Bonchev–Trinajstić information content (AvgIpc) is 2.31. The average molecular weight is 350 g/mol. The molecule has 106 valence electrons. The Labute approximate surface area is 121 Å². The molecule has 1 aromatic rings. The van der Waals surface area contributed by atoms with Gasteiger partial charge >= 0.3 is 5.97 Å². The molecule has 0 saturated heterocycles. The van der Waals surface area contributed by atoms with E-state index in [2.05, 4.69) is 15.9 Å². The fourth-order valence-electron chi connectivity index (χ4n) is 1.37. The minimum atomic E-state index is -3.85. The Balaban J connectivity index is 3.32. The molecule has 0 aliphatic carbocycles. The molecular formula is C12H16BrNO4S. The van der Waals surface area contributed by atoms with Gasteiger partial charge in [-0.05, 0) is 44.5 Å². The van der Waals surface area contributed by atoms with Gasteiger partial charge in [0, 0.05) is 11.5 Å². The van der Waals surface area contributed by atoms with E-state index in [0.29, 0.717) is 0 Å². The molecule has 7 heteroatoms. The maximum atomic E-state index is 12.4. The van der Waals surface area contributed by atoms with Crippen LogP contribution in [-0.2, 0) is 14.8 Å². The lowest BCUT2D eigenvalue weighted by molar-refractivity contribution is -0.145. The normalized spacial score (nSPS) is 12.7. The van der Waals surface area contributed by atoms with E-state index in [1.807, 2.05) is 0 Å². The van der Waals surface area contributed by atoms with Crippen molar-refractivity contribution in [3.05, 3.63) is 28.2 Å². The summed E-state index contributed by atoms with van der Waals surface area (Å²) < 4.78 is 26.5. The molecule has 1 N–H and O–H groups in total. The number of halogens is 1. The van der Waals surface area contributed by atoms with Crippen LogP contribution in [0.25, 0.3) is 0 Å². The van der Waals surface area contributed by atoms with E-state index in [9.17, 15) is 13.2 Å². The predicted molar refractivity (Wildman–Crippen MR) is 75.5 cm³/mol. The van der Waals surface area contributed by atoms with Gasteiger partial charge < -0.3 is 5.11 Å². The monoisotopic (exact) mass is 349 g/mol. The van der Waals surface area contributed by atoms with Gasteiger partial charge in [0.25, 0.3) is 0 Å². The molecule has 1 rings (SSSR count). The molecule has 19 heavy (non-hydrogen) atoms. The van der Waals surface area contributed by atoms with Gasteiger partial charge in [0.2, 0.25) is 10.0 Å². The van der Waals surface area contributed by atoms with Crippen LogP contribution in [0, 0.1) is 6.92 Å². The first-order chi connectivity index (χ1) is 8.51. The molecule has 5 nitrogen and oxygen atoms in total. The van der Waals surface area contributed by atoms with Crippen LogP contribution < -0.4 is 0 Å². The third kappa shape index (κ3) is 2.98. The molecule has 0 amide bonds. The van der Waals surface area contributed by atoms with Crippen LogP contribution in [0.5, 0.6) is 0 Å². The second kappa shape index (κ2) is 5.22. The van der Waals surface area contributed by atoms with Gasteiger partial charge in [0.1, 0.15) is 5.54 Å². The van der Waals surface area contributed by atoms with Crippen molar-refractivity contribution in [1.29, 1.82) is 0 Å². The summed E-state index contributed by atoms with van der Waals surface area (Å²) in [6, 6.07) is 4.58. The highest BCUT2D eigenvalue weighted by molar-refractivity contribution is 9.10. The highest BCUT2D eigenvalue weighted by Gasteiger charge is 2.40. The number of rotatable bonds is 4. The van der Waals surface area contributed by atoms with Crippen molar-refractivity contribution in [3.8, 4) is 0 Å². The molecule has 0 saturated carbocycles. The molecular weight excluding hydrogens is 334 g/mol. The van der Waals surface area contributed by atoms with Gasteiger partial charge in [-0.15, -0.1) is 0 Å². The van der Waals surface area contributed by atoms with Gasteiger partial charge in [-0.3, -0.25) is 4.79 Å². The fourth-order valence-corrected chi connectivity index (χ4v) is 3.18. The first kappa shape index (κ1) is 16.1. The summed E-state index contributed by atoms with van der Waals surface area (Å²) in [6.07, 6.45) is 0. The second-order valence-electron chi connectivity index (χ2n) is 4.75. The highest BCUT2D eigenvalue weighted by Crippen LogP contribution is 2.26. The number of likely N-dealkylation sites (N-methyl/N-ethyl adjacent to an activating group) is 1. The summed E-state index contributed by atoms with van der Waals surface area (Å²) in [5, 5.41) is 9.11. The summed E-state index contributed by atoms with van der Waals surface area (Å²) in [4.78, 5) is 11.2. The molecule has 0 unspecified atom stereocenters. The van der Waals surface area contributed by atoms with E-state index in [1.165, 1.54) is 33.0 Å². The van der Waals surface area contributed by atoms with E-state index in [1.54, 1.807) is 13.0 Å². The van der Waals surface area contributed by atoms with Crippen molar-refractivity contribution in [2.75, 3.05) is 7.05 Å². The number of hydrogen-bond donors (Lipinski definition) is 1. The first-order valence-corrected chi connectivity index (χ1v) is 7.73. The number of aliphatic carboxylic acids is 1. The van der Waals surface area contributed by atoms with Crippen LogP contribution in [0.4, 0.5) is 0 Å². The topological polar surface area (TPSA) is 74.7 Å². The number of carbonyl (C=O) groups is 1. The van der Waals surface area contributed by atoms with Crippen LogP contribution in [0.3, 0.4) is 0 Å². The van der Waals surface area contributed by atoms with Crippen LogP contribution in [0.1, 0.15) is 19.4 Å². The van der Waals surface area contributed by atoms with E-state index in [4.69, 9.17) is 5.11 Å². The molecule has 0 fully saturated rings. The Morgan fingerprint density at radius 2 is 1.89 bits per heavy atom. The SMILES string of the molecule is Cc1cc(S(=O)(=O)N(C)C(C)(C)C(=O)O)ccc1Br. The van der Waals surface area contributed by atoms with Crippen LogP contribution in [0.15, 0.2) is 27.6 Å². The number of aryl methyl sites for hydroxylation is 1. The van der Waals surface area contributed by atoms with Gasteiger partial charge in [-0.25, -0.2) is 8.42 Å². The lowest BCUT2D eigenvalue weighted by Crippen LogP contribution is -2.50. The third-order valence-corrected chi connectivity index (χ3v) is 6.02. The Morgan fingerprint density at radius 1 is 1.37 bits per heavy atom. The standard InChI is InChI=1S/C12H16BrNO4S/c1-8-7-9(5-6-10(8)13)19(17,18)14(4)12(2,3)11(15)16/h5-7H,1-4H3,(H,15,16). The second-order valence-corrected chi connectivity index (χ2v) is 7.57. The number of sulfonamides is 1. The van der Waals surface area contributed by atoms with Crippen LogP contribution >= 0.6 is 15.9 Å². The van der Waals surface area contributed by atoms with Crippen molar-refractivity contribution >= 4 is 31.9 Å². The lowest BCUT2D eigenvalue weighted by atomic mass is 10.1. The molecule has 1 aromatic carbocycles. The van der Waals surface area contributed by atoms with Gasteiger partial charge in [-0.1, -0.05) is 15.9 Å². The quantitative estimate of drug-likeness (QED) is 0.904. The summed E-state index contributed by atoms with van der Waals surface area (Å²) in [5.41, 5.74) is -0.748. The molecule has 0 heterocycles. The Bertz CT molecular complexity index is 610. The smallest absolute Gasteiger partial charge is 0.324 e. The summed E-state index contributed by atoms with van der Waals surface area (Å²) in [7, 11) is -2.58. The number of benzene rings is 1. The van der Waals surface area contributed by atoms with Crippen molar-refractivity contribution < 1.29 is 18.3 Å². The lowest BCUT2D eigenvalue weighted by Gasteiger charge is -2.30. The maximum Gasteiger partial charge on any atom is 0.324 e. The van der Waals surface area contributed by atoms with E-state index in [0.717, 1.165) is 14.3 Å². The Morgan fingerprint density at radius 3 is 2.32 bits per heavy atom. The van der Waals surface area contributed by atoms with E-state index >= 15 is 0 Å². The zero-order valence-corrected chi connectivity index (χ0v) is 13.5. The third-order valence-electron chi connectivity index (χ3n) is 3.10. The van der Waals surface area contributed by atoms with Crippen molar-refractivity contribution in [2.45, 2.75) is 31.2 Å². The predicted octanol–water partition coefficient (Wildman–Crippen LogP) is 2.24. The maximum absolute atomic E-state index is 12.4. The van der Waals surface area contributed by atoms with Crippen molar-refractivity contribution in [1.82, 2.24) is 4.31 Å². The molecule has 0 aliphatic heterocycles. The highest BCUT2D eigenvalue weighted by atomic mass is 79.9. The zero-order valence-electron chi connectivity index (χ0n) is 11.1. The van der Waals surface area contributed by atoms with E-state index in [-0.39, 0.29) is 4.90 Å². The molecule has 0 bridgehead atoms. The minimum absolute atomic E-state index is 0.0741. The zero-order chi connectivity index (χ0) is 15.0. The summed E-state index contributed by atoms with van der Waals surface area (Å²) >= 11 is 3.29. The number of nitrogens with zero attached hydrogens (tertiary/aromatic N) is 1. The van der Waals surface area contributed by atoms with Crippen molar-refractivity contribution in [2.24, 2.45) is 0 Å². The van der Waals surface area contributed by atoms with Gasteiger partial charge in [0.05, 0.1) is 4.90 Å². The Hall–Kier alpha value is -0.920. The van der Waals surface area contributed by atoms with Crippen LogP contribution in [0.2, 0.25) is 0 Å². The fraction of sp³-hybridized carbons (Fsp3) is 0.417. The summed E-state index contributed by atoms with van der Waals surface area (Å²) in [6.45, 7) is 4.46. The number of carboxylic acids is 1. The van der Waals surface area contributed by atoms with Gasteiger partial charge in [-0.2, -0.15) is 4.31 Å². The molecule has 0 aromatic heterocycles.